The normalized spacial score (nSPS) is 19.3. The zero-order valence-electron chi connectivity index (χ0n) is 16.3. The summed E-state index contributed by atoms with van der Waals surface area (Å²) >= 11 is 0. The number of carbonyl (C=O) groups excluding carboxylic acids is 1. The Morgan fingerprint density at radius 1 is 1.11 bits per heavy atom. The minimum Gasteiger partial charge on any atom is -0.444 e. The first-order chi connectivity index (χ1) is 13.2. The van der Waals surface area contributed by atoms with Crippen LogP contribution in [0.2, 0.25) is 0 Å². The highest BCUT2D eigenvalue weighted by Gasteiger charge is 2.27. The van der Waals surface area contributed by atoms with Crippen LogP contribution in [-0.2, 0) is 4.74 Å². The molecule has 7 heteroatoms. The maximum absolute atomic E-state index is 13.9. The Labute approximate surface area is 163 Å². The molecule has 1 heterocycles. The largest absolute Gasteiger partial charge is 0.444 e. The van der Waals surface area contributed by atoms with Crippen LogP contribution in [0.15, 0.2) is 36.5 Å². The van der Waals surface area contributed by atoms with Crippen LogP contribution >= 0.6 is 0 Å². The van der Waals surface area contributed by atoms with Crippen molar-refractivity contribution in [1.29, 1.82) is 0 Å². The van der Waals surface area contributed by atoms with Crippen molar-refractivity contribution in [1.82, 2.24) is 10.3 Å². The van der Waals surface area contributed by atoms with Crippen molar-refractivity contribution in [3.63, 3.8) is 0 Å². The number of amides is 1. The Hall–Kier alpha value is -2.70. The van der Waals surface area contributed by atoms with Gasteiger partial charge >= 0.3 is 6.09 Å². The summed E-state index contributed by atoms with van der Waals surface area (Å²) in [6.45, 7) is 5.48. The number of pyridine rings is 1. The van der Waals surface area contributed by atoms with Crippen molar-refractivity contribution in [3.05, 3.63) is 48.2 Å². The Morgan fingerprint density at radius 2 is 1.79 bits per heavy atom. The van der Waals surface area contributed by atoms with Crippen LogP contribution in [0.1, 0.15) is 40.0 Å². The first kappa shape index (κ1) is 20.0. The first-order valence-electron chi connectivity index (χ1n) is 9.38. The number of halogens is 2. The van der Waals surface area contributed by atoms with Crippen molar-refractivity contribution in [2.75, 3.05) is 5.32 Å². The summed E-state index contributed by atoms with van der Waals surface area (Å²) in [6, 6.07) is 7.32. The molecule has 28 heavy (non-hydrogen) atoms. The van der Waals surface area contributed by atoms with Gasteiger partial charge in [0.2, 0.25) is 0 Å². The molecule has 1 saturated carbocycles. The lowest BCUT2D eigenvalue weighted by atomic mass is 10.1. The second-order valence-corrected chi connectivity index (χ2v) is 8.03. The fourth-order valence-electron chi connectivity index (χ4n) is 3.33. The lowest BCUT2D eigenvalue weighted by Crippen LogP contribution is -2.38. The molecule has 0 unspecified atom stereocenters. The van der Waals surface area contributed by atoms with Crippen LogP contribution in [-0.4, -0.2) is 28.8 Å². The van der Waals surface area contributed by atoms with Crippen LogP contribution in [0.4, 0.5) is 19.4 Å². The molecular weight excluding hydrogens is 364 g/mol. The zero-order valence-corrected chi connectivity index (χ0v) is 16.3. The predicted molar refractivity (Wildman–Crippen MR) is 104 cm³/mol. The van der Waals surface area contributed by atoms with Gasteiger partial charge in [-0.25, -0.2) is 18.6 Å². The smallest absolute Gasteiger partial charge is 0.407 e. The van der Waals surface area contributed by atoms with Gasteiger partial charge in [-0.3, -0.25) is 0 Å². The van der Waals surface area contributed by atoms with Crippen molar-refractivity contribution >= 4 is 11.9 Å². The molecule has 2 atom stereocenters. The van der Waals surface area contributed by atoms with Gasteiger partial charge in [0, 0.05) is 23.8 Å². The SMILES string of the molecule is CC(C)(C)OC(=O)N[C@H]1CC[C@H](Nc2ccc(-c3c(F)cccc3F)cn2)C1. The molecule has 1 aliphatic rings. The van der Waals surface area contributed by atoms with Crippen molar-refractivity contribution in [2.24, 2.45) is 0 Å². The number of anilines is 1. The zero-order chi connectivity index (χ0) is 20.3. The molecule has 2 aromatic rings. The van der Waals surface area contributed by atoms with Gasteiger partial charge in [-0.1, -0.05) is 6.07 Å². The molecule has 0 spiro atoms. The number of carbonyl (C=O) groups is 1. The maximum atomic E-state index is 13.9. The van der Waals surface area contributed by atoms with E-state index >= 15 is 0 Å². The molecule has 1 fully saturated rings. The molecule has 0 aliphatic heterocycles. The number of rotatable bonds is 4. The summed E-state index contributed by atoms with van der Waals surface area (Å²) in [5, 5.41) is 6.20. The van der Waals surface area contributed by atoms with E-state index in [0.717, 1.165) is 19.3 Å². The van der Waals surface area contributed by atoms with Crippen LogP contribution in [0.25, 0.3) is 11.1 Å². The van der Waals surface area contributed by atoms with Gasteiger partial charge in [0.15, 0.2) is 0 Å². The Morgan fingerprint density at radius 3 is 2.39 bits per heavy atom. The average molecular weight is 389 g/mol. The molecule has 1 aromatic heterocycles. The van der Waals surface area contributed by atoms with E-state index in [2.05, 4.69) is 15.6 Å². The quantitative estimate of drug-likeness (QED) is 0.782. The van der Waals surface area contributed by atoms with Crippen LogP contribution in [0, 0.1) is 11.6 Å². The molecule has 3 rings (SSSR count). The summed E-state index contributed by atoms with van der Waals surface area (Å²) in [6.07, 6.45) is 3.52. The summed E-state index contributed by atoms with van der Waals surface area (Å²) in [7, 11) is 0. The molecule has 0 bridgehead atoms. The van der Waals surface area contributed by atoms with Crippen LogP contribution < -0.4 is 10.6 Å². The number of hydrogen-bond donors (Lipinski definition) is 2. The second kappa shape index (κ2) is 8.12. The fourth-order valence-corrected chi connectivity index (χ4v) is 3.33. The van der Waals surface area contributed by atoms with E-state index in [0.29, 0.717) is 11.4 Å². The topological polar surface area (TPSA) is 63.2 Å². The van der Waals surface area contributed by atoms with Crippen molar-refractivity contribution in [2.45, 2.75) is 57.7 Å². The number of ether oxygens (including phenoxy) is 1. The highest BCUT2D eigenvalue weighted by Crippen LogP contribution is 2.27. The highest BCUT2D eigenvalue weighted by atomic mass is 19.1. The van der Waals surface area contributed by atoms with Gasteiger partial charge in [-0.05, 0) is 64.3 Å². The van der Waals surface area contributed by atoms with Crippen LogP contribution in [0.3, 0.4) is 0 Å². The minimum atomic E-state index is -0.616. The van der Waals surface area contributed by atoms with E-state index in [1.807, 2.05) is 20.8 Å². The lowest BCUT2D eigenvalue weighted by Gasteiger charge is -2.22. The molecular formula is C21H25F2N3O2. The first-order valence-corrected chi connectivity index (χ1v) is 9.38. The standard InChI is InChI=1S/C21H25F2N3O2/c1-21(2,3)28-20(27)26-15-9-8-14(11-15)25-18-10-7-13(12-24-18)19-16(22)5-4-6-17(19)23/h4-7,10,12,14-15H,8-9,11H2,1-3H3,(H,24,25)(H,26,27)/t14-,15-/m0/s1. The molecule has 0 radical (unpaired) electrons. The van der Waals surface area contributed by atoms with Crippen molar-refractivity contribution < 1.29 is 18.3 Å². The number of alkyl carbamates (subject to hydrolysis) is 1. The van der Waals surface area contributed by atoms with Gasteiger partial charge in [0.25, 0.3) is 0 Å². The van der Waals surface area contributed by atoms with Gasteiger partial charge < -0.3 is 15.4 Å². The number of nitrogens with zero attached hydrogens (tertiary/aromatic N) is 1. The molecule has 1 aromatic carbocycles. The number of hydrogen-bond acceptors (Lipinski definition) is 4. The van der Waals surface area contributed by atoms with E-state index in [1.54, 1.807) is 12.1 Å². The van der Waals surface area contributed by atoms with E-state index in [-0.39, 0.29) is 17.6 Å². The van der Waals surface area contributed by atoms with Crippen LogP contribution in [0.5, 0.6) is 0 Å². The summed E-state index contributed by atoms with van der Waals surface area (Å²) in [5.41, 5.74) is -0.218. The second-order valence-electron chi connectivity index (χ2n) is 8.03. The molecule has 1 aliphatic carbocycles. The number of nitrogens with one attached hydrogen (secondary N) is 2. The third-order valence-electron chi connectivity index (χ3n) is 4.52. The molecule has 0 saturated heterocycles. The Bertz CT molecular complexity index is 814. The van der Waals surface area contributed by atoms with E-state index < -0.39 is 23.3 Å². The predicted octanol–water partition coefficient (Wildman–Crippen LogP) is 4.88. The summed E-state index contributed by atoms with van der Waals surface area (Å²) in [5.74, 6) is -0.605. The molecule has 5 nitrogen and oxygen atoms in total. The third kappa shape index (κ3) is 5.18. The molecule has 150 valence electrons. The maximum Gasteiger partial charge on any atom is 0.407 e. The lowest BCUT2D eigenvalue weighted by molar-refractivity contribution is 0.0505. The Balaban J connectivity index is 1.56. The minimum absolute atomic E-state index is 0.0409. The van der Waals surface area contributed by atoms with Gasteiger partial charge in [-0.15, -0.1) is 0 Å². The molecule has 1 amide bonds. The third-order valence-corrected chi connectivity index (χ3v) is 4.52. The highest BCUT2D eigenvalue weighted by molar-refractivity contribution is 5.68. The Kier molecular flexibility index (Phi) is 5.82. The van der Waals surface area contributed by atoms with Gasteiger partial charge in [0.05, 0.1) is 5.56 Å². The monoisotopic (exact) mass is 389 g/mol. The summed E-state index contributed by atoms with van der Waals surface area (Å²) < 4.78 is 33.1. The number of benzene rings is 1. The van der Waals surface area contributed by atoms with Crippen molar-refractivity contribution in [3.8, 4) is 11.1 Å². The van der Waals surface area contributed by atoms with E-state index in [1.165, 1.54) is 24.4 Å². The fraction of sp³-hybridized carbons (Fsp3) is 0.429. The number of aromatic nitrogens is 1. The average Bonchev–Trinajstić information content (AvgIpc) is 3.01. The molecule has 2 N–H and O–H groups in total. The van der Waals surface area contributed by atoms with E-state index in [9.17, 15) is 13.6 Å². The van der Waals surface area contributed by atoms with E-state index in [4.69, 9.17) is 4.74 Å². The van der Waals surface area contributed by atoms with Gasteiger partial charge in [0.1, 0.15) is 23.1 Å². The summed E-state index contributed by atoms with van der Waals surface area (Å²) in [4.78, 5) is 16.2. The van der Waals surface area contributed by atoms with Gasteiger partial charge in [-0.2, -0.15) is 0 Å².